The zero-order valence-corrected chi connectivity index (χ0v) is 10.1. The lowest BCUT2D eigenvalue weighted by Gasteiger charge is -2.12. The largest absolute Gasteiger partial charge is 0.394 e. The van der Waals surface area contributed by atoms with Crippen LogP contribution in [0.2, 0.25) is 0 Å². The molecule has 1 aliphatic rings. The summed E-state index contributed by atoms with van der Waals surface area (Å²) in [5.41, 5.74) is 0.129. The van der Waals surface area contributed by atoms with Crippen molar-refractivity contribution in [3.63, 3.8) is 0 Å². The third-order valence-corrected chi connectivity index (χ3v) is 3.01. The average molecular weight is 303 g/mol. The van der Waals surface area contributed by atoms with Crippen LogP contribution in [0.25, 0.3) is 0 Å². The Morgan fingerprint density at radius 2 is 2.18 bits per heavy atom. The lowest BCUT2D eigenvalue weighted by molar-refractivity contribution is -0.119. The molecule has 1 aromatic carbocycles. The number of carbonyl (C=O) groups is 2. The summed E-state index contributed by atoms with van der Waals surface area (Å²) in [6.45, 7) is -0.486. The van der Waals surface area contributed by atoms with Gasteiger partial charge in [-0.25, -0.2) is 14.1 Å². The molecule has 0 radical (unpaired) electrons. The van der Waals surface area contributed by atoms with Crippen molar-refractivity contribution < 1.29 is 19.1 Å². The molecule has 0 saturated carbocycles. The van der Waals surface area contributed by atoms with E-state index in [1.165, 1.54) is 12.1 Å². The summed E-state index contributed by atoms with van der Waals surface area (Å²) < 4.78 is 13.5. The average Bonchev–Trinajstić information content (AvgIpc) is 2.58. The number of nitrogens with zero attached hydrogens (tertiary/aromatic N) is 1. The van der Waals surface area contributed by atoms with Gasteiger partial charge in [-0.1, -0.05) is 0 Å². The molecule has 3 amide bonds. The Kier molecular flexibility index (Phi) is 3.12. The molecule has 1 unspecified atom stereocenters. The second kappa shape index (κ2) is 4.42. The van der Waals surface area contributed by atoms with Gasteiger partial charge < -0.3 is 10.4 Å². The molecule has 2 N–H and O–H groups in total. The fourth-order valence-electron chi connectivity index (χ4n) is 1.52. The first-order chi connectivity index (χ1) is 8.04. The van der Waals surface area contributed by atoms with Crippen LogP contribution in [-0.4, -0.2) is 29.7 Å². The summed E-state index contributed by atoms with van der Waals surface area (Å²) in [7, 11) is 0. The molecule has 2 rings (SSSR count). The number of aliphatic hydroxyl groups excluding tert-OH is 1. The molecule has 7 heteroatoms. The molecule has 17 heavy (non-hydrogen) atoms. The highest BCUT2D eigenvalue weighted by molar-refractivity contribution is 9.10. The van der Waals surface area contributed by atoms with E-state index < -0.39 is 30.4 Å². The van der Waals surface area contributed by atoms with E-state index in [2.05, 4.69) is 21.2 Å². The van der Waals surface area contributed by atoms with E-state index in [4.69, 9.17) is 5.11 Å². The molecule has 1 saturated heterocycles. The van der Waals surface area contributed by atoms with E-state index in [1.54, 1.807) is 0 Å². The monoisotopic (exact) mass is 302 g/mol. The van der Waals surface area contributed by atoms with Gasteiger partial charge in [-0.3, -0.25) is 4.79 Å². The van der Waals surface area contributed by atoms with Crippen molar-refractivity contribution in [1.29, 1.82) is 0 Å². The van der Waals surface area contributed by atoms with Gasteiger partial charge in [0, 0.05) is 0 Å². The number of carbonyl (C=O) groups excluding carboxylic acids is 2. The van der Waals surface area contributed by atoms with Gasteiger partial charge in [-0.15, -0.1) is 0 Å². The van der Waals surface area contributed by atoms with E-state index in [0.29, 0.717) is 0 Å². The van der Waals surface area contributed by atoms with Crippen molar-refractivity contribution in [2.45, 2.75) is 6.04 Å². The van der Waals surface area contributed by atoms with Crippen LogP contribution in [0.5, 0.6) is 0 Å². The molecular weight excluding hydrogens is 295 g/mol. The molecule has 0 spiro atoms. The molecule has 1 aromatic rings. The van der Waals surface area contributed by atoms with E-state index in [-0.39, 0.29) is 10.2 Å². The topological polar surface area (TPSA) is 69.6 Å². The summed E-state index contributed by atoms with van der Waals surface area (Å²) in [6, 6.07) is 2.27. The van der Waals surface area contributed by atoms with Crippen molar-refractivity contribution in [2.24, 2.45) is 0 Å². The SMILES string of the molecule is O=C1NC(CO)C(=O)N1c1ccc(Br)c(F)c1. The third kappa shape index (κ3) is 2.03. The molecule has 0 bridgehead atoms. The molecule has 1 atom stereocenters. The van der Waals surface area contributed by atoms with E-state index in [1.807, 2.05) is 0 Å². The maximum Gasteiger partial charge on any atom is 0.329 e. The highest BCUT2D eigenvalue weighted by Crippen LogP contribution is 2.24. The molecule has 5 nitrogen and oxygen atoms in total. The number of anilines is 1. The predicted molar refractivity (Wildman–Crippen MR) is 61.0 cm³/mol. The second-order valence-corrected chi connectivity index (χ2v) is 4.31. The molecule has 1 aliphatic heterocycles. The number of nitrogens with one attached hydrogen (secondary N) is 1. The highest BCUT2D eigenvalue weighted by atomic mass is 79.9. The van der Waals surface area contributed by atoms with Crippen LogP contribution in [0.15, 0.2) is 22.7 Å². The van der Waals surface area contributed by atoms with Crippen molar-refractivity contribution in [3.05, 3.63) is 28.5 Å². The maximum atomic E-state index is 13.3. The number of rotatable bonds is 2. The van der Waals surface area contributed by atoms with Crippen molar-refractivity contribution in [1.82, 2.24) is 5.32 Å². The van der Waals surface area contributed by atoms with Gasteiger partial charge in [-0.2, -0.15) is 0 Å². The fraction of sp³-hybridized carbons (Fsp3) is 0.200. The van der Waals surface area contributed by atoms with Gasteiger partial charge >= 0.3 is 6.03 Å². The Bertz CT molecular complexity index is 494. The summed E-state index contributed by atoms with van der Waals surface area (Å²) in [5, 5.41) is 11.2. The molecule has 90 valence electrons. The number of aliphatic hydroxyl groups is 1. The Balaban J connectivity index is 2.36. The Labute approximate surface area is 104 Å². The second-order valence-electron chi connectivity index (χ2n) is 3.46. The Morgan fingerprint density at radius 3 is 2.71 bits per heavy atom. The van der Waals surface area contributed by atoms with Gasteiger partial charge in [0.1, 0.15) is 11.9 Å². The third-order valence-electron chi connectivity index (χ3n) is 2.36. The molecule has 1 heterocycles. The standard InChI is InChI=1S/C10H8BrFN2O3/c11-6-2-1-5(3-7(6)12)14-9(16)8(4-15)13-10(14)17/h1-3,8,15H,4H2,(H,13,17). The first-order valence-corrected chi connectivity index (χ1v) is 5.54. The minimum absolute atomic E-state index is 0.129. The quantitative estimate of drug-likeness (QED) is 0.801. The van der Waals surface area contributed by atoms with Crippen LogP contribution in [0.3, 0.4) is 0 Å². The maximum absolute atomic E-state index is 13.3. The van der Waals surface area contributed by atoms with Crippen LogP contribution in [0, 0.1) is 5.82 Å². The number of benzene rings is 1. The number of urea groups is 1. The highest BCUT2D eigenvalue weighted by Gasteiger charge is 2.38. The molecule has 0 aliphatic carbocycles. The number of imide groups is 1. The lowest BCUT2D eigenvalue weighted by atomic mass is 10.2. The predicted octanol–water partition coefficient (Wildman–Crippen LogP) is 1.01. The summed E-state index contributed by atoms with van der Waals surface area (Å²) >= 11 is 2.97. The summed E-state index contributed by atoms with van der Waals surface area (Å²) in [6.07, 6.45) is 0. The van der Waals surface area contributed by atoms with Crippen molar-refractivity contribution in [2.75, 3.05) is 11.5 Å². The zero-order valence-electron chi connectivity index (χ0n) is 8.48. The number of hydrogen-bond acceptors (Lipinski definition) is 3. The van der Waals surface area contributed by atoms with Gasteiger partial charge in [0.25, 0.3) is 5.91 Å². The first kappa shape index (κ1) is 12.0. The molecular formula is C10H8BrFN2O3. The first-order valence-electron chi connectivity index (χ1n) is 4.75. The smallest absolute Gasteiger partial charge is 0.329 e. The van der Waals surface area contributed by atoms with Crippen LogP contribution in [0.1, 0.15) is 0 Å². The van der Waals surface area contributed by atoms with Gasteiger partial charge in [0.15, 0.2) is 0 Å². The lowest BCUT2D eigenvalue weighted by Crippen LogP contribution is -2.33. The van der Waals surface area contributed by atoms with Gasteiger partial charge in [-0.05, 0) is 34.1 Å². The van der Waals surface area contributed by atoms with Gasteiger partial charge in [0.05, 0.1) is 16.8 Å². The Morgan fingerprint density at radius 1 is 1.47 bits per heavy atom. The summed E-state index contributed by atoms with van der Waals surface area (Å²) in [4.78, 5) is 24.0. The summed E-state index contributed by atoms with van der Waals surface area (Å²) in [5.74, 6) is -1.17. The van der Waals surface area contributed by atoms with Crippen LogP contribution < -0.4 is 10.2 Å². The fourth-order valence-corrected chi connectivity index (χ4v) is 1.77. The number of halogens is 2. The van der Waals surface area contributed by atoms with Crippen LogP contribution in [-0.2, 0) is 4.79 Å². The van der Waals surface area contributed by atoms with E-state index in [0.717, 1.165) is 11.0 Å². The Hall–Kier alpha value is -1.47. The van der Waals surface area contributed by atoms with E-state index >= 15 is 0 Å². The van der Waals surface area contributed by atoms with E-state index in [9.17, 15) is 14.0 Å². The van der Waals surface area contributed by atoms with Crippen LogP contribution >= 0.6 is 15.9 Å². The zero-order chi connectivity index (χ0) is 12.6. The van der Waals surface area contributed by atoms with Crippen molar-refractivity contribution >= 4 is 33.6 Å². The normalized spacial score (nSPS) is 19.7. The van der Waals surface area contributed by atoms with Crippen LogP contribution in [0.4, 0.5) is 14.9 Å². The molecule has 1 fully saturated rings. The minimum Gasteiger partial charge on any atom is -0.394 e. The van der Waals surface area contributed by atoms with Gasteiger partial charge in [0.2, 0.25) is 0 Å². The number of amides is 3. The van der Waals surface area contributed by atoms with Crippen molar-refractivity contribution in [3.8, 4) is 0 Å². The number of hydrogen-bond donors (Lipinski definition) is 2. The molecule has 0 aromatic heterocycles. The minimum atomic E-state index is -0.964.